The van der Waals surface area contributed by atoms with Gasteiger partial charge in [0.25, 0.3) is 5.91 Å². The largest absolute Gasteiger partial charge is 0.453 e. The summed E-state index contributed by atoms with van der Waals surface area (Å²) in [7, 11) is 1.27. The zero-order valence-corrected chi connectivity index (χ0v) is 25.1. The normalized spacial score (nSPS) is 14.5. The summed E-state index contributed by atoms with van der Waals surface area (Å²) in [6, 6.07) is 23.0. The van der Waals surface area contributed by atoms with Crippen molar-refractivity contribution in [3.05, 3.63) is 90.1 Å². The summed E-state index contributed by atoms with van der Waals surface area (Å²) >= 11 is 0. The first-order valence-corrected chi connectivity index (χ1v) is 14.1. The molecule has 0 aliphatic rings. The Morgan fingerprint density at radius 3 is 2.17 bits per heavy atom. The van der Waals surface area contributed by atoms with Crippen molar-refractivity contribution in [1.82, 2.24) is 20.7 Å². The molecule has 1 aromatic heterocycles. The van der Waals surface area contributed by atoms with E-state index in [-0.39, 0.29) is 12.5 Å². The van der Waals surface area contributed by atoms with Crippen molar-refractivity contribution in [2.75, 3.05) is 13.7 Å². The van der Waals surface area contributed by atoms with E-state index in [4.69, 9.17) is 4.74 Å². The number of hydrazine groups is 1. The van der Waals surface area contributed by atoms with E-state index in [0.717, 1.165) is 28.8 Å². The molecule has 1 unspecified atom stereocenters. The highest BCUT2D eigenvalue weighted by Crippen LogP contribution is 2.31. The second kappa shape index (κ2) is 14.2. The molecule has 0 bridgehead atoms. The minimum Gasteiger partial charge on any atom is -0.453 e. The van der Waals surface area contributed by atoms with Crippen LogP contribution in [0.2, 0.25) is 0 Å². The van der Waals surface area contributed by atoms with Crippen molar-refractivity contribution >= 4 is 12.0 Å². The second-order valence-electron chi connectivity index (χ2n) is 11.9. The molecule has 2 aromatic carbocycles. The molecule has 3 N–H and O–H groups in total. The maximum Gasteiger partial charge on any atom is 0.407 e. The first-order chi connectivity index (χ1) is 19.4. The molecule has 3 aromatic rings. The standard InChI is InChI=1S/C33H44N4O4/c1-7-33(5,21-24-13-9-8-10-14-24)28(38)23-37(36-30(39)29(32(2,3)4)35-31(40)41-6)22-25-16-18-26(19-17-25)27-15-11-12-20-34-27/h8-20,28-29,38H,7,21-23H2,1-6H3,(H,35,40)(H,36,39)/t28-,29-,33?/m0/s1. The summed E-state index contributed by atoms with van der Waals surface area (Å²) in [5.74, 6) is -0.388. The van der Waals surface area contributed by atoms with Crippen LogP contribution in [0.5, 0.6) is 0 Å². The van der Waals surface area contributed by atoms with Crippen molar-refractivity contribution in [3.63, 3.8) is 0 Å². The lowest BCUT2D eigenvalue weighted by Gasteiger charge is -2.38. The fraction of sp³-hybridized carbons (Fsp3) is 0.424. The van der Waals surface area contributed by atoms with E-state index < -0.39 is 29.1 Å². The third-order valence-corrected chi connectivity index (χ3v) is 7.59. The molecule has 0 spiro atoms. The SMILES string of the molecule is CCC(C)(Cc1ccccc1)[C@@H](O)CN(Cc1ccc(-c2ccccn2)cc1)NC(=O)[C@H](NC(=O)OC)C(C)(C)C. The number of nitrogens with one attached hydrogen (secondary N) is 2. The highest BCUT2D eigenvalue weighted by atomic mass is 16.5. The number of hydrogen-bond donors (Lipinski definition) is 3. The Kier molecular flexibility index (Phi) is 11.0. The number of alkyl carbamates (subject to hydrolysis) is 1. The average molecular weight is 561 g/mol. The fourth-order valence-corrected chi connectivity index (χ4v) is 4.73. The molecular formula is C33H44N4O4. The van der Waals surface area contributed by atoms with Gasteiger partial charge in [-0.3, -0.25) is 15.2 Å². The number of benzene rings is 2. The number of amides is 2. The average Bonchev–Trinajstić information content (AvgIpc) is 2.96. The van der Waals surface area contributed by atoms with Gasteiger partial charge in [-0.05, 0) is 46.9 Å². The first-order valence-electron chi connectivity index (χ1n) is 14.1. The summed E-state index contributed by atoms with van der Waals surface area (Å²) in [4.78, 5) is 30.0. The molecule has 3 rings (SSSR count). The van der Waals surface area contributed by atoms with E-state index in [1.165, 1.54) is 7.11 Å². The number of ether oxygens (including phenoxy) is 1. The number of pyridine rings is 1. The Morgan fingerprint density at radius 1 is 0.951 bits per heavy atom. The molecule has 41 heavy (non-hydrogen) atoms. The number of carbonyl (C=O) groups is 2. The van der Waals surface area contributed by atoms with Crippen LogP contribution < -0.4 is 10.7 Å². The van der Waals surface area contributed by atoms with Gasteiger partial charge in [0.05, 0.1) is 18.9 Å². The Balaban J connectivity index is 1.85. The number of hydrogen-bond acceptors (Lipinski definition) is 6. The predicted molar refractivity (Wildman–Crippen MR) is 162 cm³/mol. The molecule has 220 valence electrons. The third kappa shape index (κ3) is 9.13. The van der Waals surface area contributed by atoms with Crippen LogP contribution in [0.1, 0.15) is 52.2 Å². The van der Waals surface area contributed by atoms with Crippen molar-refractivity contribution in [3.8, 4) is 11.3 Å². The van der Waals surface area contributed by atoms with Crippen molar-refractivity contribution in [1.29, 1.82) is 0 Å². The molecule has 0 aliphatic heterocycles. The van der Waals surface area contributed by atoms with Crippen LogP contribution in [0, 0.1) is 10.8 Å². The van der Waals surface area contributed by atoms with Crippen LogP contribution in [0.15, 0.2) is 79.0 Å². The van der Waals surface area contributed by atoms with Gasteiger partial charge < -0.3 is 15.2 Å². The zero-order valence-electron chi connectivity index (χ0n) is 25.1. The number of aromatic nitrogens is 1. The number of aliphatic hydroxyl groups excluding tert-OH is 1. The van der Waals surface area contributed by atoms with Gasteiger partial charge in [-0.15, -0.1) is 0 Å². The molecule has 3 atom stereocenters. The molecule has 0 fully saturated rings. The van der Waals surface area contributed by atoms with Crippen LogP contribution in [-0.2, 0) is 22.5 Å². The van der Waals surface area contributed by atoms with Crippen molar-refractivity contribution in [2.24, 2.45) is 10.8 Å². The zero-order chi connectivity index (χ0) is 30.0. The topological polar surface area (TPSA) is 104 Å². The van der Waals surface area contributed by atoms with Crippen LogP contribution in [-0.4, -0.2) is 52.9 Å². The van der Waals surface area contributed by atoms with Crippen LogP contribution in [0.25, 0.3) is 11.3 Å². The van der Waals surface area contributed by atoms with Gasteiger partial charge in [-0.25, -0.2) is 9.80 Å². The molecule has 2 amide bonds. The highest BCUT2D eigenvalue weighted by molar-refractivity contribution is 5.86. The number of aliphatic hydroxyl groups is 1. The highest BCUT2D eigenvalue weighted by Gasteiger charge is 2.36. The van der Waals surface area contributed by atoms with Crippen molar-refractivity contribution < 1.29 is 19.4 Å². The maximum atomic E-state index is 13.6. The van der Waals surface area contributed by atoms with Crippen LogP contribution >= 0.6 is 0 Å². The summed E-state index contributed by atoms with van der Waals surface area (Å²) in [6.45, 7) is 10.3. The molecule has 0 aliphatic carbocycles. The molecule has 8 heteroatoms. The molecule has 0 saturated heterocycles. The molecule has 0 radical (unpaired) electrons. The number of methoxy groups -OCH3 is 1. The van der Waals surface area contributed by atoms with E-state index >= 15 is 0 Å². The minimum atomic E-state index is -0.858. The van der Waals surface area contributed by atoms with E-state index in [1.54, 1.807) is 11.2 Å². The van der Waals surface area contributed by atoms with Gasteiger partial charge in [0.1, 0.15) is 6.04 Å². The lowest BCUT2D eigenvalue weighted by molar-refractivity contribution is -0.132. The van der Waals surface area contributed by atoms with E-state index in [0.29, 0.717) is 13.0 Å². The van der Waals surface area contributed by atoms with Gasteiger partial charge in [0.15, 0.2) is 0 Å². The summed E-state index contributed by atoms with van der Waals surface area (Å²) in [5, 5.41) is 16.0. The predicted octanol–water partition coefficient (Wildman–Crippen LogP) is 5.37. The lowest BCUT2D eigenvalue weighted by Crippen LogP contribution is -2.58. The fourth-order valence-electron chi connectivity index (χ4n) is 4.73. The second-order valence-corrected chi connectivity index (χ2v) is 11.9. The Labute approximate surface area is 244 Å². The van der Waals surface area contributed by atoms with Gasteiger partial charge in [-0.2, -0.15) is 0 Å². The summed E-state index contributed by atoms with van der Waals surface area (Å²) < 4.78 is 4.77. The molecular weight excluding hydrogens is 516 g/mol. The number of carbonyl (C=O) groups excluding carboxylic acids is 2. The summed E-state index contributed by atoms with van der Waals surface area (Å²) in [5.41, 5.74) is 5.93. The van der Waals surface area contributed by atoms with Gasteiger partial charge in [0.2, 0.25) is 0 Å². The van der Waals surface area contributed by atoms with E-state index in [1.807, 2.05) is 81.4 Å². The minimum absolute atomic E-state index is 0.194. The number of nitrogens with zero attached hydrogens (tertiary/aromatic N) is 2. The maximum absolute atomic E-state index is 13.6. The third-order valence-electron chi connectivity index (χ3n) is 7.59. The molecule has 1 heterocycles. The van der Waals surface area contributed by atoms with Gasteiger partial charge in [-0.1, -0.05) is 95.3 Å². The number of rotatable bonds is 12. The Hall–Kier alpha value is -3.75. The molecule has 8 nitrogen and oxygen atoms in total. The Morgan fingerprint density at radius 2 is 1.61 bits per heavy atom. The monoisotopic (exact) mass is 560 g/mol. The van der Waals surface area contributed by atoms with Gasteiger partial charge >= 0.3 is 6.09 Å². The van der Waals surface area contributed by atoms with Gasteiger partial charge in [0, 0.05) is 24.8 Å². The lowest BCUT2D eigenvalue weighted by atomic mass is 9.76. The smallest absolute Gasteiger partial charge is 0.407 e. The van der Waals surface area contributed by atoms with Crippen molar-refractivity contribution in [2.45, 2.75) is 66.2 Å². The first kappa shape index (κ1) is 31.8. The molecule has 0 saturated carbocycles. The Bertz CT molecular complexity index is 1250. The van der Waals surface area contributed by atoms with E-state index in [2.05, 4.69) is 41.7 Å². The van der Waals surface area contributed by atoms with Crippen LogP contribution in [0.4, 0.5) is 4.79 Å². The van der Waals surface area contributed by atoms with E-state index in [9.17, 15) is 14.7 Å². The summed E-state index contributed by atoms with van der Waals surface area (Å²) in [6.07, 6.45) is 1.77. The quantitative estimate of drug-likeness (QED) is 0.257. The van der Waals surface area contributed by atoms with Crippen LogP contribution in [0.3, 0.4) is 0 Å².